The zero-order valence-electron chi connectivity index (χ0n) is 9.62. The Kier molecular flexibility index (Phi) is 4.31. The largest absolute Gasteiger partial charge is 0.392 e. The predicted molar refractivity (Wildman–Crippen MR) is 68.4 cm³/mol. The number of rotatable bonds is 3. The van der Waals surface area contributed by atoms with Gasteiger partial charge in [0.15, 0.2) is 0 Å². The van der Waals surface area contributed by atoms with Gasteiger partial charge in [0.2, 0.25) is 5.91 Å². The molecule has 1 saturated heterocycles. The SMILES string of the molecule is O=C(NCc1ccc(F)cc1Br)[C@@H]1C[C@H](O)CN1. The molecular weight excluding hydrogens is 303 g/mol. The highest BCUT2D eigenvalue weighted by molar-refractivity contribution is 9.10. The lowest BCUT2D eigenvalue weighted by Gasteiger charge is -2.11. The molecule has 2 atom stereocenters. The maximum absolute atomic E-state index is 12.9. The lowest BCUT2D eigenvalue weighted by Crippen LogP contribution is -2.40. The molecule has 18 heavy (non-hydrogen) atoms. The van der Waals surface area contributed by atoms with Gasteiger partial charge in [-0.25, -0.2) is 4.39 Å². The van der Waals surface area contributed by atoms with Crippen LogP contribution in [-0.2, 0) is 11.3 Å². The molecule has 1 aliphatic heterocycles. The van der Waals surface area contributed by atoms with E-state index in [2.05, 4.69) is 26.6 Å². The number of β-amino-alcohol motifs (C(OH)–C–C–N with tert-alkyl or cyclic N) is 1. The van der Waals surface area contributed by atoms with E-state index in [1.54, 1.807) is 6.07 Å². The lowest BCUT2D eigenvalue weighted by atomic mass is 10.2. The van der Waals surface area contributed by atoms with Crippen molar-refractivity contribution in [2.75, 3.05) is 6.54 Å². The quantitative estimate of drug-likeness (QED) is 0.777. The summed E-state index contributed by atoms with van der Waals surface area (Å²) in [7, 11) is 0. The smallest absolute Gasteiger partial charge is 0.237 e. The highest BCUT2D eigenvalue weighted by Crippen LogP contribution is 2.18. The Bertz CT molecular complexity index is 456. The van der Waals surface area contributed by atoms with Crippen molar-refractivity contribution < 1.29 is 14.3 Å². The number of carbonyl (C=O) groups is 1. The summed E-state index contributed by atoms with van der Waals surface area (Å²) >= 11 is 3.24. The van der Waals surface area contributed by atoms with Gasteiger partial charge in [0.25, 0.3) is 0 Å². The number of halogens is 2. The van der Waals surface area contributed by atoms with E-state index < -0.39 is 6.10 Å². The van der Waals surface area contributed by atoms with Crippen LogP contribution in [0.3, 0.4) is 0 Å². The lowest BCUT2D eigenvalue weighted by molar-refractivity contribution is -0.123. The van der Waals surface area contributed by atoms with E-state index in [1.807, 2.05) is 0 Å². The molecule has 0 aromatic heterocycles. The van der Waals surface area contributed by atoms with Crippen LogP contribution in [0.2, 0.25) is 0 Å². The van der Waals surface area contributed by atoms with Gasteiger partial charge >= 0.3 is 0 Å². The number of aliphatic hydroxyl groups excluding tert-OH is 1. The van der Waals surface area contributed by atoms with E-state index in [-0.39, 0.29) is 17.8 Å². The fraction of sp³-hybridized carbons (Fsp3) is 0.417. The van der Waals surface area contributed by atoms with Crippen LogP contribution in [0.25, 0.3) is 0 Å². The van der Waals surface area contributed by atoms with E-state index in [9.17, 15) is 14.3 Å². The number of hydrogen-bond acceptors (Lipinski definition) is 3. The van der Waals surface area contributed by atoms with Crippen molar-refractivity contribution in [1.29, 1.82) is 0 Å². The third kappa shape index (κ3) is 3.28. The summed E-state index contributed by atoms with van der Waals surface area (Å²) in [6.07, 6.45) is -0.0329. The van der Waals surface area contributed by atoms with Crippen molar-refractivity contribution >= 4 is 21.8 Å². The van der Waals surface area contributed by atoms with Gasteiger partial charge in [-0.05, 0) is 24.1 Å². The molecule has 2 rings (SSSR count). The highest BCUT2D eigenvalue weighted by atomic mass is 79.9. The summed E-state index contributed by atoms with van der Waals surface area (Å²) in [5.74, 6) is -0.472. The Morgan fingerprint density at radius 3 is 3.00 bits per heavy atom. The number of amides is 1. The Hall–Kier alpha value is -0.980. The van der Waals surface area contributed by atoms with Gasteiger partial charge in [0, 0.05) is 17.6 Å². The second kappa shape index (κ2) is 5.77. The molecule has 1 heterocycles. The molecule has 1 aromatic rings. The molecule has 0 bridgehead atoms. The van der Waals surface area contributed by atoms with Crippen molar-refractivity contribution in [3.8, 4) is 0 Å². The van der Waals surface area contributed by atoms with E-state index >= 15 is 0 Å². The van der Waals surface area contributed by atoms with Crippen LogP contribution >= 0.6 is 15.9 Å². The van der Waals surface area contributed by atoms with Gasteiger partial charge in [-0.3, -0.25) is 4.79 Å². The minimum Gasteiger partial charge on any atom is -0.392 e. The second-order valence-corrected chi connectivity index (χ2v) is 5.16. The van der Waals surface area contributed by atoms with Gasteiger partial charge in [-0.1, -0.05) is 22.0 Å². The number of aliphatic hydroxyl groups is 1. The number of carbonyl (C=O) groups excluding carboxylic acids is 1. The molecule has 1 aromatic carbocycles. The summed E-state index contributed by atoms with van der Waals surface area (Å²) in [6, 6.07) is 3.98. The second-order valence-electron chi connectivity index (χ2n) is 4.30. The summed E-state index contributed by atoms with van der Waals surface area (Å²) in [4.78, 5) is 11.8. The molecular formula is C12H14BrFN2O2. The van der Waals surface area contributed by atoms with E-state index in [0.717, 1.165) is 5.56 Å². The molecule has 4 nitrogen and oxygen atoms in total. The van der Waals surface area contributed by atoms with Gasteiger partial charge in [0.1, 0.15) is 5.82 Å². The van der Waals surface area contributed by atoms with Gasteiger partial charge in [-0.15, -0.1) is 0 Å². The third-order valence-electron chi connectivity index (χ3n) is 2.89. The van der Waals surface area contributed by atoms with Crippen molar-refractivity contribution in [2.24, 2.45) is 0 Å². The minimum atomic E-state index is -0.460. The molecule has 0 saturated carbocycles. The monoisotopic (exact) mass is 316 g/mol. The summed E-state index contributed by atoms with van der Waals surface area (Å²) in [5.41, 5.74) is 0.809. The molecule has 0 unspecified atom stereocenters. The predicted octanol–water partition coefficient (Wildman–Crippen LogP) is 0.927. The standard InChI is InChI=1S/C12H14BrFN2O2/c13-10-3-8(14)2-1-7(10)5-16-12(18)11-4-9(17)6-15-11/h1-3,9,11,15,17H,4-6H2,(H,16,18)/t9-,11-/m0/s1. The van der Waals surface area contributed by atoms with Crippen LogP contribution in [0.1, 0.15) is 12.0 Å². The van der Waals surface area contributed by atoms with Gasteiger partial charge < -0.3 is 15.7 Å². The van der Waals surface area contributed by atoms with E-state index in [4.69, 9.17) is 0 Å². The van der Waals surface area contributed by atoms with E-state index in [0.29, 0.717) is 24.0 Å². The zero-order valence-corrected chi connectivity index (χ0v) is 11.2. The molecule has 6 heteroatoms. The van der Waals surface area contributed by atoms with Crippen LogP contribution in [0.4, 0.5) is 4.39 Å². The van der Waals surface area contributed by atoms with Crippen LogP contribution in [0.5, 0.6) is 0 Å². The van der Waals surface area contributed by atoms with Crippen LogP contribution in [-0.4, -0.2) is 29.7 Å². The number of hydrogen-bond donors (Lipinski definition) is 3. The Morgan fingerprint density at radius 1 is 1.61 bits per heavy atom. The average molecular weight is 317 g/mol. The van der Waals surface area contributed by atoms with Crippen LogP contribution < -0.4 is 10.6 Å². The highest BCUT2D eigenvalue weighted by Gasteiger charge is 2.27. The number of nitrogens with one attached hydrogen (secondary N) is 2. The molecule has 0 spiro atoms. The molecule has 0 aliphatic carbocycles. The van der Waals surface area contributed by atoms with Gasteiger partial charge in [-0.2, -0.15) is 0 Å². The first-order valence-electron chi connectivity index (χ1n) is 5.69. The van der Waals surface area contributed by atoms with Crippen molar-refractivity contribution in [1.82, 2.24) is 10.6 Å². The Balaban J connectivity index is 1.89. The van der Waals surface area contributed by atoms with E-state index in [1.165, 1.54) is 12.1 Å². The Morgan fingerprint density at radius 2 is 2.39 bits per heavy atom. The maximum Gasteiger partial charge on any atom is 0.237 e. The van der Waals surface area contributed by atoms with Crippen LogP contribution in [0, 0.1) is 5.82 Å². The van der Waals surface area contributed by atoms with Crippen molar-refractivity contribution in [2.45, 2.75) is 25.1 Å². The van der Waals surface area contributed by atoms with Crippen LogP contribution in [0.15, 0.2) is 22.7 Å². The number of benzene rings is 1. The average Bonchev–Trinajstić information content (AvgIpc) is 2.74. The molecule has 1 amide bonds. The molecule has 98 valence electrons. The van der Waals surface area contributed by atoms with Crippen molar-refractivity contribution in [3.05, 3.63) is 34.1 Å². The Labute approximate surface area is 113 Å². The molecule has 1 fully saturated rings. The van der Waals surface area contributed by atoms with Gasteiger partial charge in [0.05, 0.1) is 12.1 Å². The summed E-state index contributed by atoms with van der Waals surface area (Å²) < 4.78 is 13.5. The van der Waals surface area contributed by atoms with Crippen molar-refractivity contribution in [3.63, 3.8) is 0 Å². The third-order valence-corrected chi connectivity index (χ3v) is 3.63. The summed E-state index contributed by atoms with van der Waals surface area (Å²) in [6.45, 7) is 0.770. The fourth-order valence-corrected chi connectivity index (χ4v) is 2.38. The topological polar surface area (TPSA) is 61.4 Å². The zero-order chi connectivity index (χ0) is 13.1. The normalized spacial score (nSPS) is 23.1. The minimum absolute atomic E-state index is 0.150. The fourth-order valence-electron chi connectivity index (χ4n) is 1.89. The first-order valence-corrected chi connectivity index (χ1v) is 6.48. The first kappa shape index (κ1) is 13.5. The first-order chi connectivity index (χ1) is 8.56. The molecule has 3 N–H and O–H groups in total. The molecule has 0 radical (unpaired) electrons. The summed E-state index contributed by atoms with van der Waals surface area (Å²) in [5, 5.41) is 15.0. The molecule has 1 aliphatic rings. The maximum atomic E-state index is 12.9.